The van der Waals surface area contributed by atoms with Crippen molar-refractivity contribution in [1.82, 2.24) is 9.97 Å². The van der Waals surface area contributed by atoms with Crippen LogP contribution in [0.5, 0.6) is 0 Å². The van der Waals surface area contributed by atoms with Gasteiger partial charge in [0.1, 0.15) is 0 Å². The molecule has 0 unspecified atom stereocenters. The Labute approximate surface area is 161 Å². The minimum absolute atomic E-state index is 0.0212. The van der Waals surface area contributed by atoms with E-state index in [9.17, 15) is 14.7 Å². The van der Waals surface area contributed by atoms with Crippen LogP contribution >= 0.6 is 11.6 Å². The average molecular weight is 384 g/mol. The zero-order valence-corrected chi connectivity index (χ0v) is 15.7. The number of hydrogen-bond acceptors (Lipinski definition) is 4. The van der Waals surface area contributed by atoms with Crippen molar-refractivity contribution < 1.29 is 14.7 Å². The second-order valence-electron chi connectivity index (χ2n) is 5.96. The maximum Gasteiger partial charge on any atom is 0.355 e. The topological polar surface area (TPSA) is 92.2 Å². The third-order valence-electron chi connectivity index (χ3n) is 4.35. The van der Waals surface area contributed by atoms with E-state index in [1.807, 2.05) is 19.9 Å². The molecule has 1 aromatic carbocycles. The quantitative estimate of drug-likeness (QED) is 0.683. The Hall–Kier alpha value is -2.99. The highest BCUT2D eigenvalue weighted by molar-refractivity contribution is 6.32. The smallest absolute Gasteiger partial charge is 0.355 e. The SMILES string of the molecule is CCc1ccc(Cl)c(CC)c1NC(=O)c1cc2cccnc2nc1C(=O)O. The summed E-state index contributed by atoms with van der Waals surface area (Å²) in [7, 11) is 0. The Morgan fingerprint density at radius 2 is 1.96 bits per heavy atom. The van der Waals surface area contributed by atoms with Gasteiger partial charge < -0.3 is 10.4 Å². The first-order valence-corrected chi connectivity index (χ1v) is 8.94. The number of carbonyl (C=O) groups excluding carboxylic acids is 1. The summed E-state index contributed by atoms with van der Waals surface area (Å²) in [4.78, 5) is 32.7. The molecule has 0 bridgehead atoms. The molecule has 2 aromatic heterocycles. The number of hydrogen-bond donors (Lipinski definition) is 2. The maximum atomic E-state index is 13.0. The monoisotopic (exact) mass is 383 g/mol. The van der Waals surface area contributed by atoms with Crippen LogP contribution in [0.3, 0.4) is 0 Å². The van der Waals surface area contributed by atoms with Gasteiger partial charge in [-0.05, 0) is 48.2 Å². The molecule has 1 amide bonds. The fourth-order valence-electron chi connectivity index (χ4n) is 2.99. The Kier molecular flexibility index (Phi) is 5.37. The molecular formula is C20H18ClN3O3. The first kappa shape index (κ1) is 18.8. The third-order valence-corrected chi connectivity index (χ3v) is 4.71. The molecule has 2 heterocycles. The van der Waals surface area contributed by atoms with Crippen molar-refractivity contribution in [3.8, 4) is 0 Å². The van der Waals surface area contributed by atoms with E-state index in [4.69, 9.17) is 11.6 Å². The van der Waals surface area contributed by atoms with Gasteiger partial charge in [-0.15, -0.1) is 0 Å². The number of amides is 1. The number of nitrogens with zero attached hydrogens (tertiary/aromatic N) is 2. The number of halogens is 1. The highest BCUT2D eigenvalue weighted by atomic mass is 35.5. The third kappa shape index (κ3) is 3.61. The van der Waals surface area contributed by atoms with E-state index in [-0.39, 0.29) is 16.9 Å². The van der Waals surface area contributed by atoms with Gasteiger partial charge in [0.15, 0.2) is 11.3 Å². The van der Waals surface area contributed by atoms with Crippen molar-refractivity contribution in [2.45, 2.75) is 26.7 Å². The molecule has 0 saturated heterocycles. The molecule has 138 valence electrons. The highest BCUT2D eigenvalue weighted by Gasteiger charge is 2.22. The number of carboxylic acid groups (broad SMARTS) is 1. The van der Waals surface area contributed by atoms with E-state index in [2.05, 4.69) is 15.3 Å². The standard InChI is InChI=1S/C20H18ClN3O3/c1-3-11-7-8-15(21)13(4-2)16(11)24-19(25)14-10-12-6-5-9-22-18(12)23-17(14)20(26)27/h5-10H,3-4H2,1-2H3,(H,24,25)(H,26,27). The van der Waals surface area contributed by atoms with Crippen molar-refractivity contribution in [1.29, 1.82) is 0 Å². The van der Waals surface area contributed by atoms with Gasteiger partial charge in [0.25, 0.3) is 5.91 Å². The number of pyridine rings is 2. The number of fused-ring (bicyclic) bond motifs is 1. The molecule has 3 aromatic rings. The van der Waals surface area contributed by atoms with E-state index in [1.165, 1.54) is 12.3 Å². The lowest BCUT2D eigenvalue weighted by atomic mass is 10.0. The van der Waals surface area contributed by atoms with Gasteiger partial charge in [0.05, 0.1) is 5.56 Å². The van der Waals surface area contributed by atoms with Crippen molar-refractivity contribution in [2.75, 3.05) is 5.32 Å². The average Bonchev–Trinajstić information content (AvgIpc) is 2.67. The van der Waals surface area contributed by atoms with Gasteiger partial charge in [0.2, 0.25) is 0 Å². The molecule has 3 rings (SSSR count). The van der Waals surface area contributed by atoms with Crippen LogP contribution in [0.25, 0.3) is 11.0 Å². The van der Waals surface area contributed by atoms with Gasteiger partial charge in [-0.25, -0.2) is 14.8 Å². The second kappa shape index (κ2) is 7.72. The summed E-state index contributed by atoms with van der Waals surface area (Å²) in [6, 6.07) is 8.59. The summed E-state index contributed by atoms with van der Waals surface area (Å²) in [6.07, 6.45) is 2.85. The Balaban J connectivity index is 2.11. The number of nitrogens with one attached hydrogen (secondary N) is 1. The predicted molar refractivity (Wildman–Crippen MR) is 105 cm³/mol. The summed E-state index contributed by atoms with van der Waals surface area (Å²) in [5.74, 6) is -1.83. The van der Waals surface area contributed by atoms with Crippen LogP contribution in [0.4, 0.5) is 5.69 Å². The first-order valence-electron chi connectivity index (χ1n) is 8.56. The zero-order chi connectivity index (χ0) is 19.6. The largest absolute Gasteiger partial charge is 0.476 e. The fraction of sp³-hybridized carbons (Fsp3) is 0.200. The number of benzene rings is 1. The number of carboxylic acids is 1. The number of aromatic carboxylic acids is 1. The summed E-state index contributed by atoms with van der Waals surface area (Å²) < 4.78 is 0. The molecule has 6 nitrogen and oxygen atoms in total. The van der Waals surface area contributed by atoms with E-state index in [1.54, 1.807) is 18.2 Å². The summed E-state index contributed by atoms with van der Waals surface area (Å²) in [6.45, 7) is 3.92. The molecule has 0 aliphatic heterocycles. The van der Waals surface area contributed by atoms with Crippen LogP contribution in [-0.2, 0) is 12.8 Å². The van der Waals surface area contributed by atoms with Crippen molar-refractivity contribution in [3.05, 3.63) is 63.9 Å². The molecule has 0 spiro atoms. The van der Waals surface area contributed by atoms with Crippen LogP contribution in [-0.4, -0.2) is 27.0 Å². The Morgan fingerprint density at radius 1 is 1.19 bits per heavy atom. The normalized spacial score (nSPS) is 10.8. The first-order chi connectivity index (χ1) is 13.0. The summed E-state index contributed by atoms with van der Waals surface area (Å²) in [5, 5.41) is 13.5. The molecule has 2 N–H and O–H groups in total. The minimum Gasteiger partial charge on any atom is -0.476 e. The number of rotatable bonds is 5. The number of anilines is 1. The molecule has 0 saturated carbocycles. The lowest BCUT2D eigenvalue weighted by molar-refractivity contribution is 0.0686. The molecule has 0 aliphatic carbocycles. The summed E-state index contributed by atoms with van der Waals surface area (Å²) in [5.41, 5.74) is 2.29. The molecular weight excluding hydrogens is 366 g/mol. The number of aryl methyl sites for hydroxylation is 1. The molecule has 0 radical (unpaired) electrons. The van der Waals surface area contributed by atoms with E-state index >= 15 is 0 Å². The number of aromatic nitrogens is 2. The highest BCUT2D eigenvalue weighted by Crippen LogP contribution is 2.30. The minimum atomic E-state index is -1.29. The molecule has 7 heteroatoms. The van der Waals surface area contributed by atoms with Crippen molar-refractivity contribution in [3.63, 3.8) is 0 Å². The van der Waals surface area contributed by atoms with Crippen LogP contribution < -0.4 is 5.32 Å². The van der Waals surface area contributed by atoms with Crippen molar-refractivity contribution >= 4 is 40.2 Å². The molecule has 27 heavy (non-hydrogen) atoms. The van der Waals surface area contributed by atoms with E-state index in [0.717, 1.165) is 11.1 Å². The van der Waals surface area contributed by atoms with Gasteiger partial charge in [0, 0.05) is 22.3 Å². The van der Waals surface area contributed by atoms with Crippen LogP contribution in [0.15, 0.2) is 36.5 Å². The van der Waals surface area contributed by atoms with E-state index < -0.39 is 11.9 Å². The van der Waals surface area contributed by atoms with Gasteiger partial charge in [-0.1, -0.05) is 31.5 Å². The van der Waals surface area contributed by atoms with Crippen molar-refractivity contribution in [2.24, 2.45) is 0 Å². The maximum absolute atomic E-state index is 13.0. The lowest BCUT2D eigenvalue weighted by Crippen LogP contribution is -2.19. The van der Waals surface area contributed by atoms with Crippen LogP contribution in [0, 0.1) is 0 Å². The second-order valence-corrected chi connectivity index (χ2v) is 6.37. The van der Waals surface area contributed by atoms with Crippen LogP contribution in [0.1, 0.15) is 45.8 Å². The number of carbonyl (C=O) groups is 2. The van der Waals surface area contributed by atoms with Crippen LogP contribution in [0.2, 0.25) is 5.02 Å². The summed E-state index contributed by atoms with van der Waals surface area (Å²) >= 11 is 6.28. The van der Waals surface area contributed by atoms with Gasteiger partial charge >= 0.3 is 5.97 Å². The lowest BCUT2D eigenvalue weighted by Gasteiger charge is -2.16. The van der Waals surface area contributed by atoms with E-state index in [0.29, 0.717) is 28.9 Å². The Morgan fingerprint density at radius 3 is 2.63 bits per heavy atom. The molecule has 0 aliphatic rings. The zero-order valence-electron chi connectivity index (χ0n) is 14.9. The molecule has 0 fully saturated rings. The van der Waals surface area contributed by atoms with Gasteiger partial charge in [-0.3, -0.25) is 4.79 Å². The predicted octanol–water partition coefficient (Wildman–Crippen LogP) is 4.36. The molecule has 0 atom stereocenters. The van der Waals surface area contributed by atoms with Gasteiger partial charge in [-0.2, -0.15) is 0 Å². The Bertz CT molecular complexity index is 1050. The fourth-order valence-corrected chi connectivity index (χ4v) is 3.28.